The van der Waals surface area contributed by atoms with Gasteiger partial charge in [-0.25, -0.2) is 4.39 Å². The van der Waals surface area contributed by atoms with Crippen molar-refractivity contribution in [3.05, 3.63) is 45.9 Å². The molecule has 0 bridgehead atoms. The van der Waals surface area contributed by atoms with Crippen LogP contribution in [0.3, 0.4) is 0 Å². The Morgan fingerprint density at radius 2 is 2.00 bits per heavy atom. The van der Waals surface area contributed by atoms with Gasteiger partial charge in [0.25, 0.3) is 0 Å². The summed E-state index contributed by atoms with van der Waals surface area (Å²) in [4.78, 5) is 0. The van der Waals surface area contributed by atoms with E-state index in [0.717, 1.165) is 11.1 Å². The van der Waals surface area contributed by atoms with E-state index in [1.807, 2.05) is 16.8 Å². The summed E-state index contributed by atoms with van der Waals surface area (Å²) >= 11 is 7.31. The van der Waals surface area contributed by atoms with E-state index in [1.165, 1.54) is 12.1 Å². The Kier molecular flexibility index (Phi) is 2.34. The molecule has 2 aromatic rings. The number of thiophene rings is 1. The van der Waals surface area contributed by atoms with Crippen molar-refractivity contribution in [3.8, 4) is 11.1 Å². The molecule has 0 radical (unpaired) electrons. The molecule has 0 atom stereocenters. The molecule has 0 amide bonds. The van der Waals surface area contributed by atoms with Gasteiger partial charge in [0.05, 0.1) is 0 Å². The molecule has 1 aromatic carbocycles. The molecular weight excluding hydrogens is 207 g/mol. The van der Waals surface area contributed by atoms with E-state index in [9.17, 15) is 4.39 Å². The zero-order chi connectivity index (χ0) is 9.26. The number of hydrogen-bond donors (Lipinski definition) is 0. The van der Waals surface area contributed by atoms with E-state index in [2.05, 4.69) is 0 Å². The van der Waals surface area contributed by atoms with Crippen LogP contribution in [0, 0.1) is 5.82 Å². The highest BCUT2D eigenvalue weighted by molar-refractivity contribution is 7.08. The van der Waals surface area contributed by atoms with Crippen molar-refractivity contribution in [1.82, 2.24) is 0 Å². The molecule has 3 heteroatoms. The molecule has 2 rings (SSSR count). The maximum atomic E-state index is 12.9. The van der Waals surface area contributed by atoms with Crippen molar-refractivity contribution in [2.75, 3.05) is 0 Å². The highest BCUT2D eigenvalue weighted by Crippen LogP contribution is 2.25. The molecule has 0 unspecified atom stereocenters. The third-order valence-electron chi connectivity index (χ3n) is 1.72. The minimum absolute atomic E-state index is 0.297. The van der Waals surface area contributed by atoms with Gasteiger partial charge in [-0.2, -0.15) is 11.3 Å². The van der Waals surface area contributed by atoms with E-state index in [1.54, 1.807) is 17.4 Å². The zero-order valence-electron chi connectivity index (χ0n) is 6.63. The standard InChI is InChI=1S/C10H6ClFS/c11-9-3-8(4-10(12)5-9)7-1-2-13-6-7/h1-6H. The number of benzene rings is 1. The third-order valence-corrected chi connectivity index (χ3v) is 2.62. The largest absolute Gasteiger partial charge is 0.207 e. The van der Waals surface area contributed by atoms with Crippen LogP contribution in [-0.4, -0.2) is 0 Å². The summed E-state index contributed by atoms with van der Waals surface area (Å²) in [5.41, 5.74) is 1.83. The Morgan fingerprint density at radius 1 is 1.15 bits per heavy atom. The molecule has 0 fully saturated rings. The number of rotatable bonds is 1. The molecule has 1 aromatic heterocycles. The molecule has 66 valence electrons. The van der Waals surface area contributed by atoms with Crippen LogP contribution < -0.4 is 0 Å². The van der Waals surface area contributed by atoms with Crippen LogP contribution in [0.25, 0.3) is 11.1 Å². The summed E-state index contributed by atoms with van der Waals surface area (Å²) in [5.74, 6) is -0.297. The fraction of sp³-hybridized carbons (Fsp3) is 0. The average molecular weight is 213 g/mol. The topological polar surface area (TPSA) is 0 Å². The molecule has 0 N–H and O–H groups in total. The average Bonchev–Trinajstić information content (AvgIpc) is 2.53. The van der Waals surface area contributed by atoms with Crippen molar-refractivity contribution >= 4 is 22.9 Å². The maximum absolute atomic E-state index is 12.9. The predicted molar refractivity (Wildman–Crippen MR) is 54.7 cm³/mol. The SMILES string of the molecule is Fc1cc(Cl)cc(-c2ccsc2)c1. The Morgan fingerprint density at radius 3 is 2.62 bits per heavy atom. The van der Waals surface area contributed by atoms with Gasteiger partial charge >= 0.3 is 0 Å². The quantitative estimate of drug-likeness (QED) is 0.665. The van der Waals surface area contributed by atoms with Gasteiger partial charge in [0.15, 0.2) is 0 Å². The fourth-order valence-electron chi connectivity index (χ4n) is 1.15. The molecule has 0 spiro atoms. The number of hydrogen-bond acceptors (Lipinski definition) is 1. The first-order valence-corrected chi connectivity index (χ1v) is 5.06. The lowest BCUT2D eigenvalue weighted by Crippen LogP contribution is -1.78. The van der Waals surface area contributed by atoms with Gasteiger partial charge in [0, 0.05) is 5.02 Å². The summed E-state index contributed by atoms with van der Waals surface area (Å²) in [7, 11) is 0. The van der Waals surface area contributed by atoms with Crippen LogP contribution in [0.1, 0.15) is 0 Å². The summed E-state index contributed by atoms with van der Waals surface area (Å²) in [6.07, 6.45) is 0. The van der Waals surface area contributed by atoms with Crippen LogP contribution in [-0.2, 0) is 0 Å². The molecule has 0 aliphatic carbocycles. The first kappa shape index (κ1) is 8.73. The lowest BCUT2D eigenvalue weighted by atomic mass is 10.1. The smallest absolute Gasteiger partial charge is 0.125 e. The van der Waals surface area contributed by atoms with Crippen molar-refractivity contribution in [2.24, 2.45) is 0 Å². The second kappa shape index (κ2) is 3.48. The van der Waals surface area contributed by atoms with Gasteiger partial charge in [-0.05, 0) is 46.2 Å². The minimum Gasteiger partial charge on any atom is -0.207 e. The van der Waals surface area contributed by atoms with Crippen molar-refractivity contribution < 1.29 is 4.39 Å². The predicted octanol–water partition coefficient (Wildman–Crippen LogP) is 4.21. The summed E-state index contributed by atoms with van der Waals surface area (Å²) < 4.78 is 12.9. The second-order valence-electron chi connectivity index (χ2n) is 2.67. The monoisotopic (exact) mass is 212 g/mol. The van der Waals surface area contributed by atoms with Crippen molar-refractivity contribution in [2.45, 2.75) is 0 Å². The summed E-state index contributed by atoms with van der Waals surface area (Å²) in [6.45, 7) is 0. The van der Waals surface area contributed by atoms with Gasteiger partial charge in [-0.3, -0.25) is 0 Å². The first-order chi connectivity index (χ1) is 6.25. The molecule has 0 aliphatic heterocycles. The lowest BCUT2D eigenvalue weighted by Gasteiger charge is -1.98. The zero-order valence-corrected chi connectivity index (χ0v) is 8.20. The molecule has 0 saturated heterocycles. The molecule has 13 heavy (non-hydrogen) atoms. The van der Waals surface area contributed by atoms with Crippen LogP contribution in [0.15, 0.2) is 35.0 Å². The van der Waals surface area contributed by atoms with E-state index in [4.69, 9.17) is 11.6 Å². The number of halogens is 2. The Bertz CT molecular complexity index is 389. The highest BCUT2D eigenvalue weighted by Gasteiger charge is 2.01. The Balaban J connectivity index is 2.53. The Hall–Kier alpha value is -0.860. The lowest BCUT2D eigenvalue weighted by molar-refractivity contribution is 0.628. The molecule has 0 aliphatic rings. The van der Waals surface area contributed by atoms with Crippen molar-refractivity contribution in [1.29, 1.82) is 0 Å². The van der Waals surface area contributed by atoms with Crippen LogP contribution >= 0.6 is 22.9 Å². The molecule has 1 heterocycles. The van der Waals surface area contributed by atoms with Gasteiger partial charge in [-0.1, -0.05) is 11.6 Å². The Labute approximate surface area is 84.6 Å². The minimum atomic E-state index is -0.297. The first-order valence-electron chi connectivity index (χ1n) is 3.74. The second-order valence-corrected chi connectivity index (χ2v) is 3.89. The van der Waals surface area contributed by atoms with E-state index >= 15 is 0 Å². The maximum Gasteiger partial charge on any atom is 0.125 e. The molecule has 0 nitrogen and oxygen atoms in total. The van der Waals surface area contributed by atoms with Gasteiger partial charge in [-0.15, -0.1) is 0 Å². The molecular formula is C10H6ClFS. The van der Waals surface area contributed by atoms with Gasteiger partial charge in [0.2, 0.25) is 0 Å². The van der Waals surface area contributed by atoms with Crippen molar-refractivity contribution in [3.63, 3.8) is 0 Å². The summed E-state index contributed by atoms with van der Waals surface area (Å²) in [5, 5.41) is 4.35. The highest BCUT2D eigenvalue weighted by atomic mass is 35.5. The molecule has 0 saturated carbocycles. The van der Waals surface area contributed by atoms with E-state index < -0.39 is 0 Å². The third kappa shape index (κ3) is 1.90. The van der Waals surface area contributed by atoms with E-state index in [-0.39, 0.29) is 5.82 Å². The fourth-order valence-corrected chi connectivity index (χ4v) is 2.04. The summed E-state index contributed by atoms with van der Waals surface area (Å²) in [6, 6.07) is 6.48. The van der Waals surface area contributed by atoms with E-state index in [0.29, 0.717) is 5.02 Å². The van der Waals surface area contributed by atoms with Crippen LogP contribution in [0.5, 0.6) is 0 Å². The van der Waals surface area contributed by atoms with Gasteiger partial charge in [0.1, 0.15) is 5.82 Å². The van der Waals surface area contributed by atoms with Crippen LogP contribution in [0.2, 0.25) is 5.02 Å². The van der Waals surface area contributed by atoms with Crippen LogP contribution in [0.4, 0.5) is 4.39 Å². The van der Waals surface area contributed by atoms with Gasteiger partial charge < -0.3 is 0 Å². The normalized spacial score (nSPS) is 10.3.